The lowest BCUT2D eigenvalue weighted by molar-refractivity contribution is 0.380. The van der Waals surface area contributed by atoms with Crippen LogP contribution in [0.1, 0.15) is 32.3 Å². The first kappa shape index (κ1) is 11.9. The molecule has 0 saturated heterocycles. The lowest BCUT2D eigenvalue weighted by Crippen LogP contribution is -2.32. The van der Waals surface area contributed by atoms with Gasteiger partial charge in [-0.05, 0) is 42.9 Å². The average Bonchev–Trinajstić information content (AvgIpc) is 2.99. The van der Waals surface area contributed by atoms with Crippen molar-refractivity contribution in [3.63, 3.8) is 0 Å². The van der Waals surface area contributed by atoms with Crippen LogP contribution in [0.15, 0.2) is 18.2 Å². The summed E-state index contributed by atoms with van der Waals surface area (Å²) in [7, 11) is 0. The van der Waals surface area contributed by atoms with Crippen molar-refractivity contribution in [1.82, 2.24) is 5.32 Å². The van der Waals surface area contributed by atoms with Gasteiger partial charge in [0, 0.05) is 12.6 Å². The van der Waals surface area contributed by atoms with Gasteiger partial charge in [-0.1, -0.05) is 24.6 Å². The van der Waals surface area contributed by atoms with Gasteiger partial charge in [-0.2, -0.15) is 0 Å². The number of nitrogens with one attached hydrogen (secondary N) is 1. The molecule has 1 atom stereocenters. The number of halogens is 2. The first-order valence-electron chi connectivity index (χ1n) is 5.68. The molecule has 1 nitrogen and oxygen atoms in total. The molecule has 0 heterocycles. The highest BCUT2D eigenvalue weighted by Gasteiger charge is 2.42. The zero-order valence-electron chi connectivity index (χ0n) is 9.69. The van der Waals surface area contributed by atoms with Crippen LogP contribution in [0.4, 0.5) is 4.39 Å². The van der Waals surface area contributed by atoms with E-state index in [9.17, 15) is 4.39 Å². The fraction of sp³-hybridized carbons (Fsp3) is 0.538. The number of benzene rings is 1. The minimum atomic E-state index is -0.354. The Morgan fingerprint density at radius 1 is 1.50 bits per heavy atom. The van der Waals surface area contributed by atoms with Crippen LogP contribution in [0, 0.1) is 11.2 Å². The maximum Gasteiger partial charge on any atom is 0.141 e. The van der Waals surface area contributed by atoms with Gasteiger partial charge in [0.15, 0.2) is 0 Å². The second-order valence-corrected chi connectivity index (χ2v) is 5.41. The molecule has 0 aliphatic heterocycles. The third kappa shape index (κ3) is 2.55. The van der Waals surface area contributed by atoms with Crippen LogP contribution >= 0.6 is 11.6 Å². The van der Waals surface area contributed by atoms with Crippen molar-refractivity contribution in [3.8, 4) is 0 Å². The summed E-state index contributed by atoms with van der Waals surface area (Å²) >= 11 is 5.73. The predicted octanol–water partition coefficient (Wildman–Crippen LogP) is 3.76. The molecule has 3 heteroatoms. The maximum atomic E-state index is 12.9. The zero-order valence-corrected chi connectivity index (χ0v) is 10.4. The molecule has 2 rings (SSSR count). The van der Waals surface area contributed by atoms with Crippen LogP contribution in [0.3, 0.4) is 0 Å². The Bertz CT molecular complexity index is 388. The summed E-state index contributed by atoms with van der Waals surface area (Å²) in [6, 6.07) is 5.38. The molecule has 1 aromatic rings. The van der Waals surface area contributed by atoms with Crippen molar-refractivity contribution in [3.05, 3.63) is 34.6 Å². The molecule has 0 radical (unpaired) electrons. The fourth-order valence-electron chi connectivity index (χ4n) is 1.80. The van der Waals surface area contributed by atoms with Gasteiger partial charge in [0.2, 0.25) is 0 Å². The van der Waals surface area contributed by atoms with E-state index < -0.39 is 0 Å². The Hall–Kier alpha value is -0.600. The first-order valence-corrected chi connectivity index (χ1v) is 6.06. The minimum Gasteiger partial charge on any atom is -0.310 e. The molecule has 1 N–H and O–H groups in total. The Morgan fingerprint density at radius 3 is 2.75 bits per heavy atom. The van der Waals surface area contributed by atoms with E-state index >= 15 is 0 Å². The smallest absolute Gasteiger partial charge is 0.141 e. The minimum absolute atomic E-state index is 0.199. The monoisotopic (exact) mass is 241 g/mol. The van der Waals surface area contributed by atoms with Crippen LogP contribution in [-0.2, 0) is 6.54 Å². The molecule has 1 saturated carbocycles. The van der Waals surface area contributed by atoms with Gasteiger partial charge >= 0.3 is 0 Å². The highest BCUT2D eigenvalue weighted by Crippen LogP contribution is 2.47. The van der Waals surface area contributed by atoms with Gasteiger partial charge in [0.1, 0.15) is 5.82 Å². The Balaban J connectivity index is 1.92. The second-order valence-electron chi connectivity index (χ2n) is 5.01. The summed E-state index contributed by atoms with van der Waals surface area (Å²) in [6.07, 6.45) is 2.59. The van der Waals surface area contributed by atoms with E-state index in [0.29, 0.717) is 11.5 Å². The fourth-order valence-corrected chi connectivity index (χ4v) is 2.00. The quantitative estimate of drug-likeness (QED) is 0.847. The van der Waals surface area contributed by atoms with E-state index in [2.05, 4.69) is 19.2 Å². The molecule has 1 fully saturated rings. The second kappa shape index (κ2) is 4.34. The van der Waals surface area contributed by atoms with Crippen molar-refractivity contribution in [2.24, 2.45) is 5.41 Å². The van der Waals surface area contributed by atoms with Crippen LogP contribution in [0.5, 0.6) is 0 Å². The van der Waals surface area contributed by atoms with E-state index in [4.69, 9.17) is 11.6 Å². The Kier molecular flexibility index (Phi) is 3.22. The normalized spacial score (nSPS) is 19.5. The van der Waals surface area contributed by atoms with Gasteiger partial charge < -0.3 is 5.32 Å². The summed E-state index contributed by atoms with van der Waals surface area (Å²) < 4.78 is 12.9. The van der Waals surface area contributed by atoms with Crippen LogP contribution in [0.2, 0.25) is 5.02 Å². The summed E-state index contributed by atoms with van der Waals surface area (Å²) in [5.41, 5.74) is 1.49. The number of rotatable bonds is 4. The third-order valence-electron chi connectivity index (χ3n) is 3.68. The summed E-state index contributed by atoms with van der Waals surface area (Å²) in [6.45, 7) is 5.25. The van der Waals surface area contributed by atoms with Gasteiger partial charge in [-0.25, -0.2) is 4.39 Å². The highest BCUT2D eigenvalue weighted by atomic mass is 35.5. The SMILES string of the molecule is CC(NCc1ccc(F)c(Cl)c1)C1(C)CC1. The predicted molar refractivity (Wildman–Crippen MR) is 65.1 cm³/mol. The standard InChI is InChI=1S/C13H17ClFN/c1-9(13(2)5-6-13)16-8-10-3-4-12(15)11(14)7-10/h3-4,7,9,16H,5-6,8H2,1-2H3. The molecule has 1 aromatic carbocycles. The number of hydrogen-bond donors (Lipinski definition) is 1. The molecular formula is C13H17ClFN. The molecule has 0 bridgehead atoms. The molecule has 1 unspecified atom stereocenters. The lowest BCUT2D eigenvalue weighted by atomic mass is 10.0. The summed E-state index contributed by atoms with van der Waals surface area (Å²) in [5, 5.41) is 3.67. The molecule has 0 spiro atoms. The molecule has 0 amide bonds. The molecular weight excluding hydrogens is 225 g/mol. The largest absolute Gasteiger partial charge is 0.310 e. The van der Waals surface area contributed by atoms with Gasteiger partial charge in [0.25, 0.3) is 0 Å². The van der Waals surface area contributed by atoms with Crippen LogP contribution < -0.4 is 5.32 Å². The molecule has 16 heavy (non-hydrogen) atoms. The van der Waals surface area contributed by atoms with E-state index in [1.54, 1.807) is 12.1 Å². The van der Waals surface area contributed by atoms with E-state index in [1.165, 1.54) is 18.9 Å². The Labute approximate surface area is 101 Å². The van der Waals surface area contributed by atoms with E-state index in [1.807, 2.05) is 0 Å². The van der Waals surface area contributed by atoms with Crippen molar-refractivity contribution in [2.45, 2.75) is 39.3 Å². The number of hydrogen-bond acceptors (Lipinski definition) is 1. The molecule has 88 valence electrons. The van der Waals surface area contributed by atoms with Crippen LogP contribution in [-0.4, -0.2) is 6.04 Å². The Morgan fingerprint density at radius 2 is 2.19 bits per heavy atom. The average molecular weight is 242 g/mol. The van der Waals surface area contributed by atoms with Crippen molar-refractivity contribution >= 4 is 11.6 Å². The first-order chi connectivity index (χ1) is 7.51. The lowest BCUT2D eigenvalue weighted by Gasteiger charge is -2.20. The third-order valence-corrected chi connectivity index (χ3v) is 3.97. The van der Waals surface area contributed by atoms with Crippen molar-refractivity contribution < 1.29 is 4.39 Å². The molecule has 0 aromatic heterocycles. The summed E-state index contributed by atoms with van der Waals surface area (Å²) in [4.78, 5) is 0. The van der Waals surface area contributed by atoms with E-state index in [-0.39, 0.29) is 10.8 Å². The van der Waals surface area contributed by atoms with Crippen LogP contribution in [0.25, 0.3) is 0 Å². The summed E-state index contributed by atoms with van der Waals surface area (Å²) in [5.74, 6) is -0.354. The van der Waals surface area contributed by atoms with Crippen molar-refractivity contribution in [1.29, 1.82) is 0 Å². The highest BCUT2D eigenvalue weighted by molar-refractivity contribution is 6.30. The molecule has 1 aliphatic rings. The topological polar surface area (TPSA) is 12.0 Å². The van der Waals surface area contributed by atoms with Gasteiger partial charge in [0.05, 0.1) is 5.02 Å². The van der Waals surface area contributed by atoms with Crippen molar-refractivity contribution in [2.75, 3.05) is 0 Å². The van der Waals surface area contributed by atoms with E-state index in [0.717, 1.165) is 12.1 Å². The molecule has 1 aliphatic carbocycles. The zero-order chi connectivity index (χ0) is 11.8. The van der Waals surface area contributed by atoms with Gasteiger partial charge in [-0.3, -0.25) is 0 Å². The van der Waals surface area contributed by atoms with Gasteiger partial charge in [-0.15, -0.1) is 0 Å². The maximum absolute atomic E-state index is 12.9.